The Morgan fingerprint density at radius 3 is 2.40 bits per heavy atom. The standard InChI is InChI=1S/C30H26F3N3O4/c1-18-28(20-6-4-3-5-7-20)40-29(39)36(18)17-21-14-23(30(31,32)33)9-11-24(21)26-12-19(13-27(37)38)8-10-25(26)22-15-34-35(2)16-22/h3-12,14-16,18,28H,13,17H2,1-2H3,(H,37,38). The first-order valence-electron chi connectivity index (χ1n) is 12.6. The first-order valence-corrected chi connectivity index (χ1v) is 12.6. The molecule has 3 aromatic carbocycles. The number of hydrogen-bond donors (Lipinski definition) is 1. The summed E-state index contributed by atoms with van der Waals surface area (Å²) in [4.78, 5) is 25.8. The number of carbonyl (C=O) groups excluding carboxylic acids is 1. The molecule has 1 amide bonds. The van der Waals surface area contributed by atoms with Crippen molar-refractivity contribution in [3.8, 4) is 22.3 Å². The van der Waals surface area contributed by atoms with E-state index in [1.54, 1.807) is 49.2 Å². The smallest absolute Gasteiger partial charge is 0.416 e. The molecule has 1 saturated heterocycles. The summed E-state index contributed by atoms with van der Waals surface area (Å²) in [5.74, 6) is -1.03. The van der Waals surface area contributed by atoms with Gasteiger partial charge in [0.05, 0.1) is 30.8 Å². The van der Waals surface area contributed by atoms with E-state index in [4.69, 9.17) is 4.74 Å². The summed E-state index contributed by atoms with van der Waals surface area (Å²) in [5, 5.41) is 13.6. The second-order valence-corrected chi connectivity index (χ2v) is 9.81. The average molecular weight is 550 g/mol. The van der Waals surface area contributed by atoms with Crippen molar-refractivity contribution in [2.75, 3.05) is 0 Å². The average Bonchev–Trinajstić information content (AvgIpc) is 3.46. The van der Waals surface area contributed by atoms with Gasteiger partial charge in [-0.2, -0.15) is 18.3 Å². The summed E-state index contributed by atoms with van der Waals surface area (Å²) in [6.45, 7) is 1.66. The SMILES string of the molecule is CC1C(c2ccccc2)OC(=O)N1Cc1cc(C(F)(F)F)ccc1-c1cc(CC(=O)O)ccc1-c1cnn(C)c1. The third-order valence-electron chi connectivity index (χ3n) is 7.04. The number of aryl methyl sites for hydroxylation is 1. The summed E-state index contributed by atoms with van der Waals surface area (Å²) >= 11 is 0. The van der Waals surface area contributed by atoms with E-state index in [-0.39, 0.29) is 18.5 Å². The highest BCUT2D eigenvalue weighted by Gasteiger charge is 2.40. The van der Waals surface area contributed by atoms with E-state index >= 15 is 0 Å². The number of carbonyl (C=O) groups is 2. The van der Waals surface area contributed by atoms with E-state index in [0.717, 1.165) is 17.7 Å². The van der Waals surface area contributed by atoms with E-state index in [9.17, 15) is 27.9 Å². The van der Waals surface area contributed by atoms with Crippen LogP contribution in [0.15, 0.2) is 79.1 Å². The number of amides is 1. The summed E-state index contributed by atoms with van der Waals surface area (Å²) < 4.78 is 48.7. The molecule has 0 saturated carbocycles. The predicted octanol–water partition coefficient (Wildman–Crippen LogP) is 6.48. The molecule has 40 heavy (non-hydrogen) atoms. The third kappa shape index (κ3) is 5.42. The van der Waals surface area contributed by atoms with Crippen molar-refractivity contribution < 1.29 is 32.6 Å². The van der Waals surface area contributed by atoms with Gasteiger partial charge in [0.2, 0.25) is 0 Å². The molecule has 5 rings (SSSR count). The maximum atomic E-state index is 13.8. The summed E-state index contributed by atoms with van der Waals surface area (Å²) in [6.07, 6.45) is -2.67. The highest BCUT2D eigenvalue weighted by molar-refractivity contribution is 5.86. The molecule has 4 aromatic rings. The van der Waals surface area contributed by atoms with Gasteiger partial charge in [0.25, 0.3) is 0 Å². The van der Waals surface area contributed by atoms with Gasteiger partial charge in [-0.05, 0) is 58.5 Å². The van der Waals surface area contributed by atoms with E-state index < -0.39 is 35.9 Å². The third-order valence-corrected chi connectivity index (χ3v) is 7.04. The van der Waals surface area contributed by atoms with Crippen molar-refractivity contribution in [3.63, 3.8) is 0 Å². The molecule has 7 nitrogen and oxygen atoms in total. The molecule has 1 aliphatic heterocycles. The van der Waals surface area contributed by atoms with E-state index in [1.807, 2.05) is 30.3 Å². The molecule has 1 aliphatic rings. The van der Waals surface area contributed by atoms with Gasteiger partial charge in [-0.15, -0.1) is 0 Å². The highest BCUT2D eigenvalue weighted by Crippen LogP contribution is 2.40. The van der Waals surface area contributed by atoms with Crippen molar-refractivity contribution in [1.82, 2.24) is 14.7 Å². The Bertz CT molecular complexity index is 1570. The van der Waals surface area contributed by atoms with Gasteiger partial charge in [0, 0.05) is 18.8 Å². The molecule has 206 valence electrons. The molecule has 0 radical (unpaired) electrons. The molecule has 2 unspecified atom stereocenters. The fourth-order valence-corrected chi connectivity index (χ4v) is 5.06. The van der Waals surface area contributed by atoms with Crippen molar-refractivity contribution in [3.05, 3.63) is 101 Å². The van der Waals surface area contributed by atoms with Crippen LogP contribution < -0.4 is 0 Å². The Balaban J connectivity index is 1.63. The minimum Gasteiger partial charge on any atom is -0.481 e. The number of aromatic nitrogens is 2. The second kappa shape index (κ2) is 10.5. The molecular formula is C30H26F3N3O4. The zero-order chi connectivity index (χ0) is 28.6. The summed E-state index contributed by atoms with van der Waals surface area (Å²) in [5.41, 5.74) is 3.04. The van der Waals surface area contributed by atoms with Crippen LogP contribution in [0.25, 0.3) is 22.3 Å². The Kier molecular flexibility index (Phi) is 7.10. The number of rotatable bonds is 7. The lowest BCUT2D eigenvalue weighted by Crippen LogP contribution is -2.31. The Hall–Kier alpha value is -4.60. The molecule has 2 heterocycles. The van der Waals surface area contributed by atoms with Crippen LogP contribution in [0, 0.1) is 0 Å². The van der Waals surface area contributed by atoms with Crippen molar-refractivity contribution in [1.29, 1.82) is 0 Å². The number of nitrogens with zero attached hydrogens (tertiary/aromatic N) is 3. The van der Waals surface area contributed by atoms with Gasteiger partial charge in [0.15, 0.2) is 0 Å². The summed E-state index contributed by atoms with van der Waals surface area (Å²) in [6, 6.07) is 17.2. The van der Waals surface area contributed by atoms with Gasteiger partial charge < -0.3 is 9.84 Å². The Morgan fingerprint density at radius 1 is 1.02 bits per heavy atom. The van der Waals surface area contributed by atoms with Gasteiger partial charge in [-0.1, -0.05) is 48.5 Å². The fraction of sp³-hybridized carbons (Fsp3) is 0.233. The number of ether oxygens (including phenoxy) is 1. The first kappa shape index (κ1) is 27.0. The lowest BCUT2D eigenvalue weighted by Gasteiger charge is -2.24. The minimum absolute atomic E-state index is 0.141. The number of aliphatic carboxylic acids is 1. The monoisotopic (exact) mass is 549 g/mol. The highest BCUT2D eigenvalue weighted by atomic mass is 19.4. The number of carboxylic acids is 1. The number of halogens is 3. The molecular weight excluding hydrogens is 523 g/mol. The molecule has 1 fully saturated rings. The fourth-order valence-electron chi connectivity index (χ4n) is 5.06. The number of cyclic esters (lactones) is 1. The zero-order valence-electron chi connectivity index (χ0n) is 21.7. The van der Waals surface area contributed by atoms with Crippen LogP contribution in [-0.2, 0) is 35.7 Å². The Labute approximate surface area is 228 Å². The Morgan fingerprint density at radius 2 is 1.75 bits per heavy atom. The van der Waals surface area contributed by atoms with E-state index in [2.05, 4.69) is 5.10 Å². The van der Waals surface area contributed by atoms with Gasteiger partial charge >= 0.3 is 18.2 Å². The van der Waals surface area contributed by atoms with Crippen LogP contribution in [0.4, 0.5) is 18.0 Å². The number of hydrogen-bond acceptors (Lipinski definition) is 4. The molecule has 0 aliphatic carbocycles. The summed E-state index contributed by atoms with van der Waals surface area (Å²) in [7, 11) is 1.75. The largest absolute Gasteiger partial charge is 0.481 e. The first-order chi connectivity index (χ1) is 19.0. The molecule has 2 atom stereocenters. The van der Waals surface area contributed by atoms with Gasteiger partial charge in [-0.3, -0.25) is 14.4 Å². The topological polar surface area (TPSA) is 84.7 Å². The molecule has 1 aromatic heterocycles. The lowest BCUT2D eigenvalue weighted by molar-refractivity contribution is -0.138. The van der Waals surface area contributed by atoms with Crippen LogP contribution in [0.3, 0.4) is 0 Å². The van der Waals surface area contributed by atoms with Crippen LogP contribution >= 0.6 is 0 Å². The van der Waals surface area contributed by atoms with Crippen LogP contribution in [-0.4, -0.2) is 37.9 Å². The quantitative estimate of drug-likeness (QED) is 0.285. The van der Waals surface area contributed by atoms with Crippen LogP contribution in [0.2, 0.25) is 0 Å². The second-order valence-electron chi connectivity index (χ2n) is 9.81. The molecule has 1 N–H and O–H groups in total. The van der Waals surface area contributed by atoms with Gasteiger partial charge in [0.1, 0.15) is 6.10 Å². The van der Waals surface area contributed by atoms with E-state index in [1.165, 1.54) is 11.0 Å². The number of carboxylic acid groups (broad SMARTS) is 1. The number of benzene rings is 3. The van der Waals surface area contributed by atoms with Crippen molar-refractivity contribution in [2.24, 2.45) is 7.05 Å². The van der Waals surface area contributed by atoms with Gasteiger partial charge in [-0.25, -0.2) is 4.79 Å². The molecule has 10 heteroatoms. The zero-order valence-corrected chi connectivity index (χ0v) is 21.7. The molecule has 0 bridgehead atoms. The lowest BCUT2D eigenvalue weighted by atomic mass is 9.89. The van der Waals surface area contributed by atoms with Crippen LogP contribution in [0.1, 0.15) is 35.3 Å². The number of alkyl halides is 3. The predicted molar refractivity (Wildman–Crippen MR) is 141 cm³/mol. The minimum atomic E-state index is -4.60. The van der Waals surface area contributed by atoms with Crippen molar-refractivity contribution >= 4 is 12.1 Å². The normalized spacial score (nSPS) is 17.2. The maximum Gasteiger partial charge on any atom is 0.416 e. The maximum absolute atomic E-state index is 13.8. The van der Waals surface area contributed by atoms with E-state index in [0.29, 0.717) is 27.8 Å². The van der Waals surface area contributed by atoms with Crippen molar-refractivity contribution in [2.45, 2.75) is 38.2 Å². The molecule has 0 spiro atoms. The van der Waals surface area contributed by atoms with Crippen LogP contribution in [0.5, 0.6) is 0 Å².